The van der Waals surface area contributed by atoms with E-state index in [0.29, 0.717) is 19.7 Å². The van der Waals surface area contributed by atoms with Crippen LogP contribution in [0.1, 0.15) is 12.0 Å². The van der Waals surface area contributed by atoms with Gasteiger partial charge in [0.15, 0.2) is 0 Å². The van der Waals surface area contributed by atoms with Crippen LogP contribution in [-0.4, -0.2) is 54.4 Å². The van der Waals surface area contributed by atoms with Crippen LogP contribution in [0.25, 0.3) is 0 Å². The van der Waals surface area contributed by atoms with Crippen LogP contribution in [0.5, 0.6) is 0 Å². The summed E-state index contributed by atoms with van der Waals surface area (Å²) >= 11 is 0. The number of hydrogen-bond donors (Lipinski definition) is 2. The van der Waals surface area contributed by atoms with Gasteiger partial charge in [-0.05, 0) is 24.5 Å². The van der Waals surface area contributed by atoms with Crippen LogP contribution in [0.2, 0.25) is 0 Å². The van der Waals surface area contributed by atoms with Gasteiger partial charge in [-0.2, -0.15) is 0 Å². The molecule has 0 spiro atoms. The van der Waals surface area contributed by atoms with Gasteiger partial charge in [0.05, 0.1) is 19.3 Å². The van der Waals surface area contributed by atoms with E-state index in [2.05, 4.69) is 11.4 Å². The zero-order chi connectivity index (χ0) is 13.9. The fourth-order valence-corrected chi connectivity index (χ4v) is 2.87. The number of rotatable bonds is 2. The molecule has 5 nitrogen and oxygen atoms in total. The Hall–Kier alpha value is -1.59. The average molecular weight is 276 g/mol. The molecule has 20 heavy (non-hydrogen) atoms. The van der Waals surface area contributed by atoms with Gasteiger partial charge in [0, 0.05) is 18.8 Å². The summed E-state index contributed by atoms with van der Waals surface area (Å²) in [5.41, 5.74) is 2.33. The van der Waals surface area contributed by atoms with Crippen LogP contribution in [0.4, 0.5) is 5.69 Å². The van der Waals surface area contributed by atoms with Crippen molar-refractivity contribution in [3.8, 4) is 0 Å². The van der Waals surface area contributed by atoms with Crippen LogP contribution in [0.3, 0.4) is 0 Å². The van der Waals surface area contributed by atoms with Gasteiger partial charge in [-0.3, -0.25) is 4.79 Å². The van der Waals surface area contributed by atoms with Crippen molar-refractivity contribution in [1.29, 1.82) is 0 Å². The minimum absolute atomic E-state index is 0.0370. The molecule has 3 rings (SSSR count). The Morgan fingerprint density at radius 3 is 3.15 bits per heavy atom. The molecule has 2 unspecified atom stereocenters. The summed E-state index contributed by atoms with van der Waals surface area (Å²) in [5, 5.41) is 12.5. The van der Waals surface area contributed by atoms with E-state index >= 15 is 0 Å². The van der Waals surface area contributed by atoms with Crippen molar-refractivity contribution in [3.05, 3.63) is 29.8 Å². The lowest BCUT2D eigenvalue weighted by Gasteiger charge is -2.36. The zero-order valence-electron chi connectivity index (χ0n) is 11.4. The molecule has 1 amide bonds. The second-order valence-electron chi connectivity index (χ2n) is 5.35. The van der Waals surface area contributed by atoms with Gasteiger partial charge in [0.25, 0.3) is 0 Å². The van der Waals surface area contributed by atoms with Crippen molar-refractivity contribution < 1.29 is 14.6 Å². The van der Waals surface area contributed by atoms with Crippen LogP contribution in [-0.2, 0) is 16.0 Å². The molecule has 2 N–H and O–H groups in total. The molecule has 2 heterocycles. The molecule has 1 fully saturated rings. The molecule has 0 bridgehead atoms. The molecule has 2 atom stereocenters. The van der Waals surface area contributed by atoms with Gasteiger partial charge in [0.1, 0.15) is 6.04 Å². The first-order valence-electron chi connectivity index (χ1n) is 7.13. The Morgan fingerprint density at radius 1 is 1.45 bits per heavy atom. The number of aryl methyl sites for hydroxylation is 1. The molecule has 2 aliphatic heterocycles. The molecule has 5 heteroatoms. The summed E-state index contributed by atoms with van der Waals surface area (Å²) in [4.78, 5) is 14.4. The summed E-state index contributed by atoms with van der Waals surface area (Å²) < 4.78 is 5.39. The number of carbonyl (C=O) groups is 1. The third-order valence-corrected chi connectivity index (χ3v) is 4.00. The molecule has 1 saturated heterocycles. The van der Waals surface area contributed by atoms with Crippen molar-refractivity contribution in [2.45, 2.75) is 25.0 Å². The number of anilines is 1. The molecule has 1 aromatic rings. The largest absolute Gasteiger partial charge is 0.394 e. The summed E-state index contributed by atoms with van der Waals surface area (Å²) in [5.74, 6) is 0.112. The minimum Gasteiger partial charge on any atom is -0.394 e. The Bertz CT molecular complexity index is 492. The molecule has 0 radical (unpaired) electrons. The SMILES string of the molecule is O=C(C1CCc2ccccc2N1)N1CCOC(CO)C1. The first-order chi connectivity index (χ1) is 9.78. The summed E-state index contributed by atoms with van der Waals surface area (Å²) in [6.45, 7) is 1.55. The lowest BCUT2D eigenvalue weighted by atomic mass is 9.97. The van der Waals surface area contributed by atoms with E-state index < -0.39 is 0 Å². The van der Waals surface area contributed by atoms with Gasteiger partial charge < -0.3 is 20.1 Å². The molecule has 1 aromatic carbocycles. The van der Waals surface area contributed by atoms with Gasteiger partial charge in [0.2, 0.25) is 5.91 Å². The van der Waals surface area contributed by atoms with Crippen LogP contribution < -0.4 is 5.32 Å². The van der Waals surface area contributed by atoms with E-state index in [0.717, 1.165) is 18.5 Å². The van der Waals surface area contributed by atoms with Crippen molar-refractivity contribution in [2.24, 2.45) is 0 Å². The van der Waals surface area contributed by atoms with Gasteiger partial charge in [-0.1, -0.05) is 18.2 Å². The molecule has 108 valence electrons. The number of carbonyl (C=O) groups excluding carboxylic acids is 1. The number of amides is 1. The zero-order valence-corrected chi connectivity index (χ0v) is 11.4. The smallest absolute Gasteiger partial charge is 0.245 e. The average Bonchev–Trinajstić information content (AvgIpc) is 2.53. The molecule has 0 saturated carbocycles. The lowest BCUT2D eigenvalue weighted by Crippen LogP contribution is -2.52. The second kappa shape index (κ2) is 5.81. The van der Waals surface area contributed by atoms with E-state index in [1.165, 1.54) is 5.56 Å². The fraction of sp³-hybridized carbons (Fsp3) is 0.533. The maximum absolute atomic E-state index is 12.6. The number of aliphatic hydroxyl groups is 1. The van der Waals surface area contributed by atoms with E-state index in [9.17, 15) is 4.79 Å². The number of para-hydroxylation sites is 1. The normalized spacial score (nSPS) is 25.8. The van der Waals surface area contributed by atoms with Gasteiger partial charge in [-0.15, -0.1) is 0 Å². The minimum atomic E-state index is -0.247. The highest BCUT2D eigenvalue weighted by Gasteiger charge is 2.31. The topological polar surface area (TPSA) is 61.8 Å². The lowest BCUT2D eigenvalue weighted by molar-refractivity contribution is -0.141. The highest BCUT2D eigenvalue weighted by Crippen LogP contribution is 2.25. The fourth-order valence-electron chi connectivity index (χ4n) is 2.87. The van der Waals surface area contributed by atoms with Crippen molar-refractivity contribution in [3.63, 3.8) is 0 Å². The Morgan fingerprint density at radius 2 is 2.30 bits per heavy atom. The maximum atomic E-state index is 12.6. The van der Waals surface area contributed by atoms with Gasteiger partial charge in [-0.25, -0.2) is 0 Å². The predicted molar refractivity (Wildman–Crippen MR) is 75.6 cm³/mol. The van der Waals surface area contributed by atoms with E-state index in [1.807, 2.05) is 18.2 Å². The van der Waals surface area contributed by atoms with Crippen LogP contribution in [0.15, 0.2) is 24.3 Å². The molecule has 0 aromatic heterocycles. The van der Waals surface area contributed by atoms with Crippen LogP contribution >= 0.6 is 0 Å². The van der Waals surface area contributed by atoms with Crippen molar-refractivity contribution in [1.82, 2.24) is 4.90 Å². The standard InChI is InChI=1S/C15H20N2O3/c18-10-12-9-17(7-8-20-12)15(19)14-6-5-11-3-1-2-4-13(11)16-14/h1-4,12,14,16,18H,5-10H2. The second-order valence-corrected chi connectivity index (χ2v) is 5.35. The quantitative estimate of drug-likeness (QED) is 0.832. The van der Waals surface area contributed by atoms with Crippen LogP contribution in [0, 0.1) is 0 Å². The van der Waals surface area contributed by atoms with E-state index in [-0.39, 0.29) is 24.7 Å². The Balaban J connectivity index is 1.67. The Labute approximate surface area is 118 Å². The number of benzene rings is 1. The predicted octanol–water partition coefficient (Wildman–Crippen LogP) is 0.633. The van der Waals surface area contributed by atoms with E-state index in [4.69, 9.17) is 9.84 Å². The maximum Gasteiger partial charge on any atom is 0.245 e. The first-order valence-corrected chi connectivity index (χ1v) is 7.13. The Kier molecular flexibility index (Phi) is 3.89. The number of nitrogens with zero attached hydrogens (tertiary/aromatic N) is 1. The number of aliphatic hydroxyl groups excluding tert-OH is 1. The highest BCUT2D eigenvalue weighted by atomic mass is 16.5. The number of ether oxygens (including phenoxy) is 1. The van der Waals surface area contributed by atoms with Crippen molar-refractivity contribution in [2.75, 3.05) is 31.6 Å². The summed E-state index contributed by atoms with van der Waals surface area (Å²) in [7, 11) is 0. The van der Waals surface area contributed by atoms with E-state index in [1.54, 1.807) is 4.90 Å². The molecule has 0 aliphatic carbocycles. The molecular formula is C15H20N2O3. The molecular weight excluding hydrogens is 256 g/mol. The monoisotopic (exact) mass is 276 g/mol. The molecule has 2 aliphatic rings. The highest BCUT2D eigenvalue weighted by molar-refractivity contribution is 5.85. The third kappa shape index (κ3) is 2.64. The number of nitrogens with one attached hydrogen (secondary N) is 1. The van der Waals surface area contributed by atoms with Gasteiger partial charge >= 0.3 is 0 Å². The number of hydrogen-bond acceptors (Lipinski definition) is 4. The first kappa shape index (κ1) is 13.4. The number of fused-ring (bicyclic) bond motifs is 1. The number of morpholine rings is 1. The van der Waals surface area contributed by atoms with Crippen molar-refractivity contribution >= 4 is 11.6 Å². The summed E-state index contributed by atoms with van der Waals surface area (Å²) in [6, 6.07) is 7.96. The summed E-state index contributed by atoms with van der Waals surface area (Å²) in [6.07, 6.45) is 1.49. The third-order valence-electron chi connectivity index (χ3n) is 4.00.